The van der Waals surface area contributed by atoms with Crippen LogP contribution in [-0.4, -0.2) is 37.7 Å². The van der Waals surface area contributed by atoms with E-state index in [-0.39, 0.29) is 0 Å². The van der Waals surface area contributed by atoms with Crippen molar-refractivity contribution in [3.63, 3.8) is 0 Å². The summed E-state index contributed by atoms with van der Waals surface area (Å²) in [4.78, 5) is 15.8. The molecule has 1 aliphatic heterocycles. The Morgan fingerprint density at radius 1 is 1.15 bits per heavy atom. The summed E-state index contributed by atoms with van der Waals surface area (Å²) < 4.78 is 2.24. The number of hydrogen-bond donors (Lipinski definition) is 1. The van der Waals surface area contributed by atoms with Gasteiger partial charge in [-0.25, -0.2) is 9.97 Å². The molecule has 1 aliphatic rings. The van der Waals surface area contributed by atoms with Gasteiger partial charge in [-0.3, -0.25) is 4.98 Å². The standard InChI is InChI=1S/C21H25N5O/c1-16(27)19-5-2-6-20(24-19)25-11-7-18(8-12-25)21-23-10-13-26(21)15-17-4-3-9-22-14-17/h2-6,9-10,13-14,16,18,27H,7-8,11-12,15H2,1H3/t16-/m1/s1. The van der Waals surface area contributed by atoms with Gasteiger partial charge in [-0.2, -0.15) is 0 Å². The fourth-order valence-electron chi connectivity index (χ4n) is 3.72. The van der Waals surface area contributed by atoms with Gasteiger partial charge in [-0.05, 0) is 43.5 Å². The molecule has 1 atom stereocenters. The van der Waals surface area contributed by atoms with Crippen molar-refractivity contribution in [2.75, 3.05) is 18.0 Å². The number of nitrogens with zero attached hydrogens (tertiary/aromatic N) is 5. The molecule has 0 saturated carbocycles. The van der Waals surface area contributed by atoms with E-state index in [1.165, 1.54) is 5.56 Å². The van der Waals surface area contributed by atoms with E-state index >= 15 is 0 Å². The SMILES string of the molecule is C[C@@H](O)c1cccc(N2CCC(c3nccn3Cc3cccnc3)CC2)n1. The van der Waals surface area contributed by atoms with Gasteiger partial charge in [0.25, 0.3) is 0 Å². The van der Waals surface area contributed by atoms with Crippen molar-refractivity contribution in [2.45, 2.75) is 38.3 Å². The van der Waals surface area contributed by atoms with E-state index in [0.717, 1.165) is 49.8 Å². The Labute approximate surface area is 159 Å². The van der Waals surface area contributed by atoms with Crippen LogP contribution < -0.4 is 4.90 Å². The van der Waals surface area contributed by atoms with Crippen LogP contribution in [0.25, 0.3) is 0 Å². The Bertz CT molecular complexity index is 869. The molecule has 1 saturated heterocycles. The molecule has 1 N–H and O–H groups in total. The number of hydrogen-bond acceptors (Lipinski definition) is 5. The van der Waals surface area contributed by atoms with Gasteiger partial charge in [0.05, 0.1) is 18.3 Å². The highest BCUT2D eigenvalue weighted by Gasteiger charge is 2.25. The van der Waals surface area contributed by atoms with E-state index in [4.69, 9.17) is 0 Å². The van der Waals surface area contributed by atoms with Crippen LogP contribution in [0.5, 0.6) is 0 Å². The molecule has 3 aromatic rings. The fraction of sp³-hybridized carbons (Fsp3) is 0.381. The van der Waals surface area contributed by atoms with Crippen molar-refractivity contribution in [3.05, 3.63) is 72.2 Å². The number of piperidine rings is 1. The first kappa shape index (κ1) is 17.7. The number of aliphatic hydroxyl groups excluding tert-OH is 1. The van der Waals surface area contributed by atoms with Gasteiger partial charge in [0.1, 0.15) is 11.6 Å². The van der Waals surface area contributed by atoms with Gasteiger partial charge < -0.3 is 14.6 Å². The Kier molecular flexibility index (Phi) is 5.16. The predicted molar refractivity (Wildman–Crippen MR) is 105 cm³/mol. The molecular weight excluding hydrogens is 338 g/mol. The lowest BCUT2D eigenvalue weighted by atomic mass is 9.95. The summed E-state index contributed by atoms with van der Waals surface area (Å²) in [5.74, 6) is 2.56. The molecule has 0 aliphatic carbocycles. The summed E-state index contributed by atoms with van der Waals surface area (Å²) in [5.41, 5.74) is 1.91. The number of rotatable bonds is 5. The van der Waals surface area contributed by atoms with Crippen molar-refractivity contribution in [1.29, 1.82) is 0 Å². The first-order chi connectivity index (χ1) is 13.2. The summed E-state index contributed by atoms with van der Waals surface area (Å²) >= 11 is 0. The second-order valence-electron chi connectivity index (χ2n) is 7.13. The van der Waals surface area contributed by atoms with E-state index < -0.39 is 6.10 Å². The third-order valence-electron chi connectivity index (χ3n) is 5.19. The summed E-state index contributed by atoms with van der Waals surface area (Å²) in [6.07, 6.45) is 9.22. The zero-order chi connectivity index (χ0) is 18.6. The van der Waals surface area contributed by atoms with E-state index in [1.807, 2.05) is 36.7 Å². The molecule has 27 heavy (non-hydrogen) atoms. The van der Waals surface area contributed by atoms with Crippen molar-refractivity contribution in [2.24, 2.45) is 0 Å². The highest BCUT2D eigenvalue weighted by Crippen LogP contribution is 2.29. The summed E-state index contributed by atoms with van der Waals surface area (Å²) in [6.45, 7) is 4.45. The van der Waals surface area contributed by atoms with Crippen molar-refractivity contribution in [1.82, 2.24) is 19.5 Å². The van der Waals surface area contributed by atoms with Crippen molar-refractivity contribution in [3.8, 4) is 0 Å². The Morgan fingerprint density at radius 2 is 2.00 bits per heavy atom. The van der Waals surface area contributed by atoms with Crippen LogP contribution in [0.3, 0.4) is 0 Å². The zero-order valence-electron chi connectivity index (χ0n) is 15.6. The minimum Gasteiger partial charge on any atom is -0.387 e. The second-order valence-corrected chi connectivity index (χ2v) is 7.13. The van der Waals surface area contributed by atoms with E-state index in [2.05, 4.69) is 36.7 Å². The maximum Gasteiger partial charge on any atom is 0.128 e. The molecule has 0 unspecified atom stereocenters. The molecule has 0 aromatic carbocycles. The maximum atomic E-state index is 9.77. The number of imidazole rings is 1. The average molecular weight is 363 g/mol. The lowest BCUT2D eigenvalue weighted by Gasteiger charge is -2.33. The molecule has 3 aromatic heterocycles. The molecule has 4 heterocycles. The largest absolute Gasteiger partial charge is 0.387 e. The summed E-state index contributed by atoms with van der Waals surface area (Å²) in [6, 6.07) is 9.93. The molecule has 6 heteroatoms. The highest BCUT2D eigenvalue weighted by molar-refractivity contribution is 5.40. The monoisotopic (exact) mass is 363 g/mol. The first-order valence-corrected chi connectivity index (χ1v) is 9.50. The van der Waals surface area contributed by atoms with Crippen molar-refractivity contribution < 1.29 is 5.11 Å². The quantitative estimate of drug-likeness (QED) is 0.754. The van der Waals surface area contributed by atoms with Gasteiger partial charge in [-0.15, -0.1) is 0 Å². The van der Waals surface area contributed by atoms with Gasteiger partial charge >= 0.3 is 0 Å². The number of aliphatic hydroxyl groups is 1. The summed E-state index contributed by atoms with van der Waals surface area (Å²) in [7, 11) is 0. The molecule has 0 bridgehead atoms. The fourth-order valence-corrected chi connectivity index (χ4v) is 3.72. The molecule has 0 spiro atoms. The molecule has 0 amide bonds. The zero-order valence-corrected chi connectivity index (χ0v) is 15.6. The molecular formula is C21H25N5O. The van der Waals surface area contributed by atoms with Gasteiger partial charge in [0.2, 0.25) is 0 Å². The Hall–Kier alpha value is -2.73. The normalized spacial score (nSPS) is 16.4. The van der Waals surface area contributed by atoms with Crippen LogP contribution in [0.2, 0.25) is 0 Å². The van der Waals surface area contributed by atoms with Crippen LogP contribution in [0.1, 0.15) is 48.9 Å². The highest BCUT2D eigenvalue weighted by atomic mass is 16.3. The van der Waals surface area contributed by atoms with Crippen LogP contribution >= 0.6 is 0 Å². The lowest BCUT2D eigenvalue weighted by Crippen LogP contribution is -2.34. The number of aromatic nitrogens is 4. The third kappa shape index (κ3) is 4.01. The van der Waals surface area contributed by atoms with Crippen LogP contribution in [0.4, 0.5) is 5.82 Å². The number of anilines is 1. The minimum absolute atomic E-state index is 0.452. The number of pyridine rings is 2. The van der Waals surface area contributed by atoms with Gasteiger partial charge in [0, 0.05) is 43.8 Å². The van der Waals surface area contributed by atoms with Crippen LogP contribution in [-0.2, 0) is 6.54 Å². The Balaban J connectivity index is 1.43. The van der Waals surface area contributed by atoms with E-state index in [0.29, 0.717) is 5.92 Å². The van der Waals surface area contributed by atoms with Gasteiger partial charge in [0.15, 0.2) is 0 Å². The third-order valence-corrected chi connectivity index (χ3v) is 5.19. The molecule has 6 nitrogen and oxygen atoms in total. The lowest BCUT2D eigenvalue weighted by molar-refractivity contribution is 0.194. The van der Waals surface area contributed by atoms with Crippen LogP contribution in [0.15, 0.2) is 55.1 Å². The second kappa shape index (κ2) is 7.88. The topological polar surface area (TPSA) is 67.1 Å². The smallest absolute Gasteiger partial charge is 0.128 e. The maximum absolute atomic E-state index is 9.77. The summed E-state index contributed by atoms with van der Waals surface area (Å²) in [5, 5.41) is 9.77. The van der Waals surface area contributed by atoms with Crippen LogP contribution in [0, 0.1) is 0 Å². The van der Waals surface area contributed by atoms with Crippen molar-refractivity contribution >= 4 is 5.82 Å². The Morgan fingerprint density at radius 3 is 2.74 bits per heavy atom. The first-order valence-electron chi connectivity index (χ1n) is 9.50. The molecule has 140 valence electrons. The molecule has 0 radical (unpaired) electrons. The van der Waals surface area contributed by atoms with E-state index in [1.54, 1.807) is 13.1 Å². The molecule has 1 fully saturated rings. The average Bonchev–Trinajstić information content (AvgIpc) is 3.17. The minimum atomic E-state index is -0.539. The predicted octanol–water partition coefficient (Wildman–Crippen LogP) is 3.16. The van der Waals surface area contributed by atoms with Gasteiger partial charge in [-0.1, -0.05) is 12.1 Å². The van der Waals surface area contributed by atoms with E-state index in [9.17, 15) is 5.11 Å². The molecule has 4 rings (SSSR count).